The minimum atomic E-state index is -0.805. The van der Waals surface area contributed by atoms with Gasteiger partial charge in [-0.15, -0.1) is 0 Å². The van der Waals surface area contributed by atoms with Crippen LogP contribution in [0, 0.1) is 0 Å². The number of rotatable bonds is 3. The number of hydrogen-bond acceptors (Lipinski definition) is 3. The highest BCUT2D eigenvalue weighted by molar-refractivity contribution is 5.79. The van der Waals surface area contributed by atoms with Crippen LogP contribution in [0.2, 0.25) is 0 Å². The number of piperidine rings is 1. The molecule has 0 radical (unpaired) electrons. The van der Waals surface area contributed by atoms with Gasteiger partial charge in [0.05, 0.1) is 11.1 Å². The van der Waals surface area contributed by atoms with Gasteiger partial charge < -0.3 is 10.4 Å². The Morgan fingerprint density at radius 1 is 1.35 bits per heavy atom. The van der Waals surface area contributed by atoms with Gasteiger partial charge in [0.15, 0.2) is 0 Å². The zero-order valence-electron chi connectivity index (χ0n) is 12.0. The van der Waals surface area contributed by atoms with Gasteiger partial charge in [-0.25, -0.2) is 0 Å². The molecular formula is C17H22N2O. The van der Waals surface area contributed by atoms with Crippen LogP contribution in [0.3, 0.4) is 0 Å². The van der Waals surface area contributed by atoms with Crippen molar-refractivity contribution >= 4 is 10.9 Å². The van der Waals surface area contributed by atoms with E-state index >= 15 is 0 Å². The molecule has 1 saturated heterocycles. The van der Waals surface area contributed by atoms with Crippen LogP contribution in [0.5, 0.6) is 0 Å². The second-order valence-electron chi connectivity index (χ2n) is 6.04. The Hall–Kier alpha value is -1.45. The van der Waals surface area contributed by atoms with Crippen molar-refractivity contribution in [2.75, 3.05) is 6.54 Å². The monoisotopic (exact) mass is 270 g/mol. The maximum atomic E-state index is 10.8. The molecule has 2 atom stereocenters. The zero-order chi connectivity index (χ0) is 14.0. The highest BCUT2D eigenvalue weighted by atomic mass is 16.3. The van der Waals surface area contributed by atoms with Gasteiger partial charge >= 0.3 is 0 Å². The molecule has 1 fully saturated rings. The van der Waals surface area contributed by atoms with E-state index in [2.05, 4.69) is 10.3 Å². The number of hydrogen-bond donors (Lipinski definition) is 2. The lowest BCUT2D eigenvalue weighted by Crippen LogP contribution is -2.39. The van der Waals surface area contributed by atoms with Crippen molar-refractivity contribution in [3.05, 3.63) is 42.1 Å². The van der Waals surface area contributed by atoms with Crippen molar-refractivity contribution in [1.29, 1.82) is 0 Å². The van der Waals surface area contributed by atoms with Crippen LogP contribution in [-0.4, -0.2) is 22.7 Å². The minimum absolute atomic E-state index is 0.415. The molecule has 2 unspecified atom stereocenters. The smallest absolute Gasteiger partial charge is 0.0884 e. The second-order valence-corrected chi connectivity index (χ2v) is 6.04. The van der Waals surface area contributed by atoms with Crippen molar-refractivity contribution in [2.45, 2.75) is 44.2 Å². The number of nitrogens with zero attached hydrogens (tertiary/aromatic N) is 1. The lowest BCUT2D eigenvalue weighted by Gasteiger charge is -2.32. The first-order chi connectivity index (χ1) is 9.65. The summed E-state index contributed by atoms with van der Waals surface area (Å²) in [6.45, 7) is 2.98. The molecule has 1 aromatic carbocycles. The van der Waals surface area contributed by atoms with E-state index in [1.165, 1.54) is 12.8 Å². The fourth-order valence-corrected chi connectivity index (χ4v) is 3.10. The summed E-state index contributed by atoms with van der Waals surface area (Å²) in [5.74, 6) is 0. The molecule has 0 amide bonds. The van der Waals surface area contributed by atoms with Crippen molar-refractivity contribution in [3.63, 3.8) is 0 Å². The van der Waals surface area contributed by atoms with E-state index in [0.29, 0.717) is 6.04 Å². The lowest BCUT2D eigenvalue weighted by molar-refractivity contribution is 0.0333. The summed E-state index contributed by atoms with van der Waals surface area (Å²) in [6, 6.07) is 10.5. The number of aliphatic hydroxyl groups is 1. The number of benzene rings is 1. The zero-order valence-corrected chi connectivity index (χ0v) is 12.0. The summed E-state index contributed by atoms with van der Waals surface area (Å²) in [5, 5.41) is 15.4. The molecule has 2 aromatic rings. The molecule has 2 N–H and O–H groups in total. The molecule has 0 aliphatic carbocycles. The number of pyridine rings is 1. The van der Waals surface area contributed by atoms with Crippen LogP contribution < -0.4 is 5.32 Å². The van der Waals surface area contributed by atoms with Gasteiger partial charge in [0, 0.05) is 17.6 Å². The predicted octanol–water partition coefficient (Wildman–Crippen LogP) is 2.97. The summed E-state index contributed by atoms with van der Waals surface area (Å²) >= 11 is 0. The van der Waals surface area contributed by atoms with Gasteiger partial charge in [0.25, 0.3) is 0 Å². The lowest BCUT2D eigenvalue weighted by atomic mass is 9.86. The summed E-state index contributed by atoms with van der Waals surface area (Å²) in [4.78, 5) is 4.38. The van der Waals surface area contributed by atoms with Crippen LogP contribution >= 0.6 is 0 Å². The second kappa shape index (κ2) is 5.51. The van der Waals surface area contributed by atoms with E-state index in [0.717, 1.165) is 35.9 Å². The predicted molar refractivity (Wildman–Crippen MR) is 81.6 cm³/mol. The summed E-state index contributed by atoms with van der Waals surface area (Å²) in [5.41, 5.74) is 1.10. The molecule has 3 nitrogen and oxygen atoms in total. The third-order valence-corrected chi connectivity index (χ3v) is 4.28. The van der Waals surface area contributed by atoms with Crippen molar-refractivity contribution in [2.24, 2.45) is 0 Å². The molecule has 1 aromatic heterocycles. The molecule has 20 heavy (non-hydrogen) atoms. The molecule has 0 spiro atoms. The first kappa shape index (κ1) is 13.5. The van der Waals surface area contributed by atoms with Gasteiger partial charge in [0.2, 0.25) is 0 Å². The molecule has 3 heteroatoms. The van der Waals surface area contributed by atoms with Crippen molar-refractivity contribution in [1.82, 2.24) is 10.3 Å². The van der Waals surface area contributed by atoms with E-state index in [4.69, 9.17) is 0 Å². The highest BCUT2D eigenvalue weighted by Gasteiger charge is 2.28. The molecule has 106 valence electrons. The number of nitrogens with one attached hydrogen (secondary N) is 1. The van der Waals surface area contributed by atoms with Crippen molar-refractivity contribution in [3.8, 4) is 0 Å². The fraction of sp³-hybridized carbons (Fsp3) is 0.471. The first-order valence-corrected chi connectivity index (χ1v) is 7.46. The largest absolute Gasteiger partial charge is 0.385 e. The van der Waals surface area contributed by atoms with E-state index < -0.39 is 5.60 Å². The molecule has 3 rings (SSSR count). The molecular weight excluding hydrogens is 248 g/mol. The Morgan fingerprint density at radius 3 is 3.05 bits per heavy atom. The SMILES string of the molecule is CC(O)(CC1CCCCN1)c1ccc2cccnc2c1. The van der Waals surface area contributed by atoms with Gasteiger partial charge in [-0.1, -0.05) is 24.6 Å². The average molecular weight is 270 g/mol. The normalized spacial score (nSPS) is 22.6. The Morgan fingerprint density at radius 2 is 2.25 bits per heavy atom. The van der Waals surface area contributed by atoms with Crippen LogP contribution in [-0.2, 0) is 5.60 Å². The van der Waals surface area contributed by atoms with Gasteiger partial charge in [-0.05, 0) is 50.4 Å². The van der Waals surface area contributed by atoms with Crippen LogP contribution in [0.4, 0.5) is 0 Å². The van der Waals surface area contributed by atoms with E-state index in [1.807, 2.05) is 37.3 Å². The summed E-state index contributed by atoms with van der Waals surface area (Å²) < 4.78 is 0. The van der Waals surface area contributed by atoms with E-state index in [1.54, 1.807) is 6.20 Å². The summed E-state index contributed by atoms with van der Waals surface area (Å²) in [7, 11) is 0. The topological polar surface area (TPSA) is 45.1 Å². The number of aromatic nitrogens is 1. The van der Waals surface area contributed by atoms with Crippen molar-refractivity contribution < 1.29 is 5.11 Å². The first-order valence-electron chi connectivity index (χ1n) is 7.46. The highest BCUT2D eigenvalue weighted by Crippen LogP contribution is 2.30. The Bertz CT molecular complexity index is 588. The van der Waals surface area contributed by atoms with Crippen LogP contribution in [0.1, 0.15) is 38.2 Å². The molecule has 1 aliphatic rings. The van der Waals surface area contributed by atoms with Gasteiger partial charge in [-0.2, -0.15) is 0 Å². The minimum Gasteiger partial charge on any atom is -0.385 e. The van der Waals surface area contributed by atoms with Crippen LogP contribution in [0.15, 0.2) is 36.5 Å². The van der Waals surface area contributed by atoms with Gasteiger partial charge in [0.1, 0.15) is 0 Å². The average Bonchev–Trinajstić information content (AvgIpc) is 2.47. The Balaban J connectivity index is 1.83. The maximum Gasteiger partial charge on any atom is 0.0884 e. The third-order valence-electron chi connectivity index (χ3n) is 4.28. The Kier molecular flexibility index (Phi) is 3.72. The van der Waals surface area contributed by atoms with E-state index in [-0.39, 0.29) is 0 Å². The standard InChI is InChI=1S/C17H22N2O/c1-17(20,12-15-6-2-3-9-18-15)14-8-7-13-5-4-10-19-16(13)11-14/h4-5,7-8,10-11,15,18,20H,2-3,6,9,12H2,1H3. The quantitative estimate of drug-likeness (QED) is 0.901. The molecule has 0 saturated carbocycles. The molecule has 1 aliphatic heterocycles. The van der Waals surface area contributed by atoms with Gasteiger partial charge in [-0.3, -0.25) is 4.98 Å². The van der Waals surface area contributed by atoms with Crippen LogP contribution in [0.25, 0.3) is 10.9 Å². The summed E-state index contributed by atoms with van der Waals surface area (Å²) in [6.07, 6.45) is 6.21. The molecule has 0 bridgehead atoms. The third kappa shape index (κ3) is 2.84. The maximum absolute atomic E-state index is 10.8. The molecule has 2 heterocycles. The Labute approximate surface area is 120 Å². The fourth-order valence-electron chi connectivity index (χ4n) is 3.10. The van der Waals surface area contributed by atoms with E-state index in [9.17, 15) is 5.11 Å². The number of fused-ring (bicyclic) bond motifs is 1.